The van der Waals surface area contributed by atoms with Crippen LogP contribution in [0.2, 0.25) is 0 Å². The highest BCUT2D eigenvalue weighted by molar-refractivity contribution is 6.59. The van der Waals surface area contributed by atoms with Crippen molar-refractivity contribution in [2.75, 3.05) is 13.2 Å². The topological polar surface area (TPSA) is 18.5 Å². The molecule has 4 heteroatoms. The first kappa shape index (κ1) is 12.4. The molecule has 73 valence electrons. The van der Waals surface area contributed by atoms with Gasteiger partial charge in [0.25, 0.3) is 0 Å². The van der Waals surface area contributed by atoms with Crippen molar-refractivity contribution in [3.05, 3.63) is 0 Å². The molecule has 2 nitrogen and oxygen atoms in total. The third-order valence-corrected chi connectivity index (χ3v) is 4.07. The fourth-order valence-corrected chi connectivity index (χ4v) is 3.01. The van der Waals surface area contributed by atoms with Crippen LogP contribution < -0.4 is 0 Å². The highest BCUT2D eigenvalue weighted by Crippen LogP contribution is 2.11. The van der Waals surface area contributed by atoms with Crippen LogP contribution in [0.3, 0.4) is 0 Å². The summed E-state index contributed by atoms with van der Waals surface area (Å²) in [5.74, 6) is 0. The molecular weight excluding hydrogens is 192 g/mol. The molecule has 0 saturated heterocycles. The van der Waals surface area contributed by atoms with Crippen molar-refractivity contribution < 1.29 is 8.85 Å². The smallest absolute Gasteiger partial charge is 0.393 e. The van der Waals surface area contributed by atoms with Gasteiger partial charge in [-0.15, -0.1) is 11.6 Å². The first-order valence-corrected chi connectivity index (χ1v) is 6.35. The highest BCUT2D eigenvalue weighted by atomic mass is 35.5. The molecule has 0 N–H and O–H groups in total. The molecule has 1 unspecified atom stereocenters. The molecule has 0 rings (SSSR count). The predicted molar refractivity (Wildman–Crippen MR) is 53.6 cm³/mol. The van der Waals surface area contributed by atoms with E-state index >= 15 is 0 Å². The SMILES string of the molecule is CCCC(Cl)[Si](OCC)OCC. The van der Waals surface area contributed by atoms with Crippen molar-refractivity contribution in [2.45, 2.75) is 38.6 Å². The third kappa shape index (κ3) is 5.14. The van der Waals surface area contributed by atoms with Gasteiger partial charge >= 0.3 is 9.28 Å². The number of alkyl halides is 1. The van der Waals surface area contributed by atoms with E-state index < -0.39 is 9.28 Å². The third-order valence-electron chi connectivity index (χ3n) is 1.37. The van der Waals surface area contributed by atoms with Gasteiger partial charge < -0.3 is 8.85 Å². The van der Waals surface area contributed by atoms with E-state index in [0.717, 1.165) is 12.8 Å². The monoisotopic (exact) mass is 209 g/mol. The average Bonchev–Trinajstić information content (AvgIpc) is 2.04. The molecule has 0 bridgehead atoms. The minimum Gasteiger partial charge on any atom is -0.393 e. The first-order chi connectivity index (χ1) is 5.76. The molecule has 0 heterocycles. The molecule has 0 aliphatic carbocycles. The zero-order chi connectivity index (χ0) is 9.40. The largest absolute Gasteiger partial charge is 0.404 e. The van der Waals surface area contributed by atoms with Crippen molar-refractivity contribution in [3.8, 4) is 0 Å². The van der Waals surface area contributed by atoms with Crippen LogP contribution in [0.4, 0.5) is 0 Å². The Bertz CT molecular complexity index is 97.1. The minimum absolute atomic E-state index is 0.0832. The molecule has 0 aliphatic rings. The van der Waals surface area contributed by atoms with Gasteiger partial charge in [-0.05, 0) is 20.3 Å². The van der Waals surface area contributed by atoms with Crippen molar-refractivity contribution in [2.24, 2.45) is 0 Å². The van der Waals surface area contributed by atoms with Gasteiger partial charge in [0.15, 0.2) is 0 Å². The Labute approximate surface area is 82.0 Å². The van der Waals surface area contributed by atoms with Crippen molar-refractivity contribution in [1.82, 2.24) is 0 Å². The summed E-state index contributed by atoms with van der Waals surface area (Å²) in [6, 6.07) is 0. The average molecular weight is 210 g/mol. The normalized spacial score (nSPS) is 13.8. The van der Waals surface area contributed by atoms with E-state index in [2.05, 4.69) is 6.92 Å². The molecule has 0 spiro atoms. The van der Waals surface area contributed by atoms with Gasteiger partial charge in [0.05, 0.1) is 5.00 Å². The Morgan fingerprint density at radius 2 is 1.67 bits per heavy atom. The standard InChI is InChI=1S/C8H18ClO2Si/c1-4-7-8(9)12(10-5-2)11-6-3/h8H,4-7H2,1-3H3. The van der Waals surface area contributed by atoms with E-state index in [1.807, 2.05) is 13.8 Å². The highest BCUT2D eigenvalue weighted by Gasteiger charge is 2.24. The molecule has 0 aromatic heterocycles. The lowest BCUT2D eigenvalue weighted by atomic mass is 10.4. The molecular formula is C8H18ClO2Si. The van der Waals surface area contributed by atoms with E-state index in [0.29, 0.717) is 13.2 Å². The zero-order valence-electron chi connectivity index (χ0n) is 8.10. The Morgan fingerprint density at radius 1 is 1.17 bits per heavy atom. The summed E-state index contributed by atoms with van der Waals surface area (Å²) in [7, 11) is -1.22. The van der Waals surface area contributed by atoms with Crippen LogP contribution in [0.1, 0.15) is 33.6 Å². The van der Waals surface area contributed by atoms with Gasteiger partial charge in [-0.3, -0.25) is 0 Å². The Hall–Kier alpha value is 0.427. The Kier molecular flexibility index (Phi) is 8.33. The molecule has 12 heavy (non-hydrogen) atoms. The second kappa shape index (κ2) is 8.04. The minimum atomic E-state index is -1.22. The van der Waals surface area contributed by atoms with Gasteiger partial charge in [0.2, 0.25) is 0 Å². The first-order valence-electron chi connectivity index (χ1n) is 4.52. The lowest BCUT2D eigenvalue weighted by Crippen LogP contribution is -2.33. The molecule has 1 atom stereocenters. The van der Waals surface area contributed by atoms with Gasteiger partial charge in [0.1, 0.15) is 0 Å². The maximum atomic E-state index is 6.10. The van der Waals surface area contributed by atoms with Crippen molar-refractivity contribution >= 4 is 20.9 Å². The summed E-state index contributed by atoms with van der Waals surface area (Å²) in [4.78, 5) is 0. The summed E-state index contributed by atoms with van der Waals surface area (Å²) in [6.45, 7) is 7.45. The maximum Gasteiger partial charge on any atom is 0.404 e. The fraction of sp³-hybridized carbons (Fsp3) is 1.00. The summed E-state index contributed by atoms with van der Waals surface area (Å²) >= 11 is 6.10. The van der Waals surface area contributed by atoms with Crippen LogP contribution >= 0.6 is 11.6 Å². The van der Waals surface area contributed by atoms with E-state index in [1.165, 1.54) is 0 Å². The molecule has 0 aromatic rings. The van der Waals surface area contributed by atoms with Crippen LogP contribution in [-0.4, -0.2) is 27.5 Å². The predicted octanol–water partition coefficient (Wildman–Crippen LogP) is 2.49. The molecule has 0 aromatic carbocycles. The zero-order valence-corrected chi connectivity index (χ0v) is 9.86. The lowest BCUT2D eigenvalue weighted by molar-refractivity contribution is 0.210. The van der Waals surface area contributed by atoms with Gasteiger partial charge in [-0.1, -0.05) is 13.3 Å². The maximum absolute atomic E-state index is 6.10. The van der Waals surface area contributed by atoms with E-state index in [9.17, 15) is 0 Å². The lowest BCUT2D eigenvalue weighted by Gasteiger charge is -2.17. The summed E-state index contributed by atoms with van der Waals surface area (Å²) in [6.07, 6.45) is 2.07. The molecule has 0 saturated carbocycles. The van der Waals surface area contributed by atoms with Crippen LogP contribution in [0, 0.1) is 0 Å². The van der Waals surface area contributed by atoms with Gasteiger partial charge in [-0.25, -0.2) is 0 Å². The molecule has 1 radical (unpaired) electrons. The second-order valence-electron chi connectivity index (χ2n) is 2.44. The van der Waals surface area contributed by atoms with Crippen LogP contribution in [0.5, 0.6) is 0 Å². The number of rotatable bonds is 7. The molecule has 0 amide bonds. The summed E-state index contributed by atoms with van der Waals surface area (Å²) in [5, 5.41) is 0.0832. The van der Waals surface area contributed by atoms with Gasteiger partial charge in [0, 0.05) is 13.2 Å². The number of hydrogen-bond donors (Lipinski definition) is 0. The van der Waals surface area contributed by atoms with Crippen molar-refractivity contribution in [1.29, 1.82) is 0 Å². The quantitative estimate of drug-likeness (QED) is 0.474. The summed E-state index contributed by atoms with van der Waals surface area (Å²) in [5.41, 5.74) is 0. The molecule has 0 fully saturated rings. The van der Waals surface area contributed by atoms with Crippen molar-refractivity contribution in [3.63, 3.8) is 0 Å². The van der Waals surface area contributed by atoms with E-state index in [4.69, 9.17) is 20.5 Å². The van der Waals surface area contributed by atoms with Gasteiger partial charge in [-0.2, -0.15) is 0 Å². The number of hydrogen-bond acceptors (Lipinski definition) is 2. The Morgan fingerprint density at radius 3 is 2.00 bits per heavy atom. The fourth-order valence-electron chi connectivity index (χ4n) is 0.878. The Balaban J connectivity index is 3.72. The second-order valence-corrected chi connectivity index (χ2v) is 5.25. The summed E-state index contributed by atoms with van der Waals surface area (Å²) < 4.78 is 10.9. The van der Waals surface area contributed by atoms with E-state index in [-0.39, 0.29) is 5.00 Å². The van der Waals surface area contributed by atoms with Crippen LogP contribution in [0.15, 0.2) is 0 Å². The molecule has 0 aliphatic heterocycles. The van der Waals surface area contributed by atoms with Crippen LogP contribution in [0.25, 0.3) is 0 Å². The van der Waals surface area contributed by atoms with Crippen LogP contribution in [-0.2, 0) is 8.85 Å². The number of halogens is 1. The van der Waals surface area contributed by atoms with E-state index in [1.54, 1.807) is 0 Å².